The second kappa shape index (κ2) is 5.23. The first-order valence-corrected chi connectivity index (χ1v) is 8.74. The highest BCUT2D eigenvalue weighted by atomic mass is 16.5. The van der Waals surface area contributed by atoms with Crippen molar-refractivity contribution in [2.24, 2.45) is 11.3 Å². The van der Waals surface area contributed by atoms with Crippen molar-refractivity contribution in [3.8, 4) is 0 Å². The molecule has 1 aromatic carbocycles. The van der Waals surface area contributed by atoms with Crippen LogP contribution >= 0.6 is 0 Å². The number of urea groups is 1. The van der Waals surface area contributed by atoms with Gasteiger partial charge in [-0.3, -0.25) is 0 Å². The average Bonchev–Trinajstić information content (AvgIpc) is 3.21. The molecule has 124 valence electrons. The van der Waals surface area contributed by atoms with Gasteiger partial charge in [-0.05, 0) is 24.8 Å². The summed E-state index contributed by atoms with van der Waals surface area (Å²) in [5, 5.41) is 6.31. The minimum absolute atomic E-state index is 0.0318. The number of hydrogen-bond acceptors (Lipinski definition) is 2. The van der Waals surface area contributed by atoms with Crippen molar-refractivity contribution < 1.29 is 9.53 Å². The van der Waals surface area contributed by atoms with Gasteiger partial charge in [0.2, 0.25) is 0 Å². The number of amides is 2. The molecule has 4 nitrogen and oxygen atoms in total. The normalized spacial score (nSPS) is 32.5. The molecule has 4 heteroatoms. The second-order valence-corrected chi connectivity index (χ2v) is 8.02. The maximum atomic E-state index is 12.4. The van der Waals surface area contributed by atoms with E-state index in [2.05, 4.69) is 48.7 Å². The summed E-state index contributed by atoms with van der Waals surface area (Å²) in [5.41, 5.74) is 1.54. The average molecular weight is 314 g/mol. The van der Waals surface area contributed by atoms with Gasteiger partial charge in [-0.2, -0.15) is 0 Å². The van der Waals surface area contributed by atoms with E-state index < -0.39 is 0 Å². The summed E-state index contributed by atoms with van der Waals surface area (Å²) in [6.07, 6.45) is 3.69. The van der Waals surface area contributed by atoms with Crippen LogP contribution in [0.15, 0.2) is 30.3 Å². The van der Waals surface area contributed by atoms with E-state index in [4.69, 9.17) is 4.74 Å². The lowest BCUT2D eigenvalue weighted by atomic mass is 9.57. The van der Waals surface area contributed by atoms with Gasteiger partial charge in [-0.1, -0.05) is 44.2 Å². The molecule has 2 N–H and O–H groups in total. The molecule has 0 bridgehead atoms. The summed E-state index contributed by atoms with van der Waals surface area (Å²) < 4.78 is 5.79. The molecule has 1 aromatic rings. The molecule has 2 saturated carbocycles. The lowest BCUT2D eigenvalue weighted by Gasteiger charge is -2.54. The van der Waals surface area contributed by atoms with Crippen LogP contribution in [0.2, 0.25) is 0 Å². The molecule has 1 saturated heterocycles. The van der Waals surface area contributed by atoms with Crippen LogP contribution in [0, 0.1) is 11.3 Å². The van der Waals surface area contributed by atoms with Gasteiger partial charge >= 0.3 is 6.03 Å². The van der Waals surface area contributed by atoms with Gasteiger partial charge < -0.3 is 15.4 Å². The third-order valence-electron chi connectivity index (χ3n) is 6.21. The molecule has 3 unspecified atom stereocenters. The second-order valence-electron chi connectivity index (χ2n) is 8.02. The van der Waals surface area contributed by atoms with Crippen LogP contribution in [0.4, 0.5) is 4.79 Å². The van der Waals surface area contributed by atoms with Crippen molar-refractivity contribution >= 4 is 6.03 Å². The number of benzene rings is 1. The van der Waals surface area contributed by atoms with Crippen LogP contribution in [-0.2, 0) is 10.2 Å². The standard InChI is InChI=1S/C19H26N2O2/c1-18(2)15(14-8-11-23-16(14)18)21-17(22)20-12-19(9-10-19)13-6-4-3-5-7-13/h3-7,14-16H,8-12H2,1-2H3,(H2,20,21,22). The summed E-state index contributed by atoms with van der Waals surface area (Å²) in [4.78, 5) is 12.4. The highest BCUT2D eigenvalue weighted by Gasteiger charge is 2.59. The van der Waals surface area contributed by atoms with Gasteiger partial charge in [-0.25, -0.2) is 4.79 Å². The number of fused-ring (bicyclic) bond motifs is 1. The van der Waals surface area contributed by atoms with Gasteiger partial charge in [0.05, 0.1) is 6.10 Å². The molecule has 0 aromatic heterocycles. The lowest BCUT2D eigenvalue weighted by Crippen LogP contribution is -2.67. The van der Waals surface area contributed by atoms with E-state index in [0.29, 0.717) is 12.0 Å². The van der Waals surface area contributed by atoms with E-state index in [-0.39, 0.29) is 22.9 Å². The van der Waals surface area contributed by atoms with E-state index in [1.807, 2.05) is 6.07 Å². The molecule has 1 heterocycles. The Hall–Kier alpha value is -1.55. The van der Waals surface area contributed by atoms with Crippen LogP contribution in [0.1, 0.15) is 38.7 Å². The number of ether oxygens (including phenoxy) is 1. The van der Waals surface area contributed by atoms with E-state index >= 15 is 0 Å². The molecule has 3 fully saturated rings. The topological polar surface area (TPSA) is 50.4 Å². The lowest BCUT2D eigenvalue weighted by molar-refractivity contribution is -0.108. The van der Waals surface area contributed by atoms with E-state index in [0.717, 1.165) is 32.4 Å². The predicted molar refractivity (Wildman–Crippen MR) is 89.3 cm³/mol. The Morgan fingerprint density at radius 2 is 2.00 bits per heavy atom. The molecular formula is C19H26N2O2. The van der Waals surface area contributed by atoms with E-state index in [1.165, 1.54) is 5.56 Å². The van der Waals surface area contributed by atoms with Gasteiger partial charge in [0.1, 0.15) is 0 Å². The highest BCUT2D eigenvalue weighted by molar-refractivity contribution is 5.75. The zero-order valence-corrected chi connectivity index (χ0v) is 14.0. The summed E-state index contributed by atoms with van der Waals surface area (Å²) in [6, 6.07) is 10.7. The van der Waals surface area contributed by atoms with Crippen LogP contribution in [0.25, 0.3) is 0 Å². The quantitative estimate of drug-likeness (QED) is 0.898. The Bertz CT molecular complexity index is 595. The van der Waals surface area contributed by atoms with Crippen LogP contribution in [-0.4, -0.2) is 31.3 Å². The van der Waals surface area contributed by atoms with Crippen molar-refractivity contribution in [3.63, 3.8) is 0 Å². The Kier molecular flexibility index (Phi) is 3.41. The first-order chi connectivity index (χ1) is 11.0. The Labute approximate surface area is 138 Å². The molecule has 3 aliphatic rings. The maximum Gasteiger partial charge on any atom is 0.315 e. The van der Waals surface area contributed by atoms with Gasteiger partial charge in [0, 0.05) is 35.9 Å². The van der Waals surface area contributed by atoms with Crippen molar-refractivity contribution in [1.82, 2.24) is 10.6 Å². The molecule has 0 radical (unpaired) electrons. The highest BCUT2D eigenvalue weighted by Crippen LogP contribution is 2.52. The largest absolute Gasteiger partial charge is 0.377 e. The fourth-order valence-electron chi connectivity index (χ4n) is 4.57. The van der Waals surface area contributed by atoms with Gasteiger partial charge in [0.15, 0.2) is 0 Å². The third-order valence-corrected chi connectivity index (χ3v) is 6.21. The zero-order chi connectivity index (χ0) is 16.1. The van der Waals surface area contributed by atoms with E-state index in [9.17, 15) is 4.79 Å². The van der Waals surface area contributed by atoms with Crippen molar-refractivity contribution in [3.05, 3.63) is 35.9 Å². The Morgan fingerprint density at radius 3 is 2.70 bits per heavy atom. The first-order valence-electron chi connectivity index (χ1n) is 8.74. The molecule has 2 aliphatic carbocycles. The monoisotopic (exact) mass is 314 g/mol. The van der Waals surface area contributed by atoms with E-state index in [1.54, 1.807) is 0 Å². The van der Waals surface area contributed by atoms with Crippen molar-refractivity contribution in [1.29, 1.82) is 0 Å². The molecule has 1 aliphatic heterocycles. The zero-order valence-electron chi connectivity index (χ0n) is 14.0. The van der Waals surface area contributed by atoms with Gasteiger partial charge in [-0.15, -0.1) is 0 Å². The molecule has 4 rings (SSSR count). The smallest absolute Gasteiger partial charge is 0.315 e. The Balaban J connectivity index is 1.33. The summed E-state index contributed by atoms with van der Waals surface area (Å²) in [5.74, 6) is 0.486. The number of rotatable bonds is 4. The Morgan fingerprint density at radius 1 is 1.26 bits per heavy atom. The van der Waals surface area contributed by atoms with Crippen LogP contribution in [0.5, 0.6) is 0 Å². The number of carbonyl (C=O) groups is 1. The molecule has 2 amide bonds. The summed E-state index contributed by atoms with van der Waals surface area (Å²) in [7, 11) is 0. The molecule has 0 spiro atoms. The third kappa shape index (κ3) is 2.44. The minimum atomic E-state index is -0.0318. The molecule has 23 heavy (non-hydrogen) atoms. The molecular weight excluding hydrogens is 288 g/mol. The fraction of sp³-hybridized carbons (Fsp3) is 0.632. The first kappa shape index (κ1) is 15.0. The van der Waals surface area contributed by atoms with Crippen molar-refractivity contribution in [2.75, 3.05) is 13.2 Å². The predicted octanol–water partition coefficient (Wildman–Crippen LogP) is 2.83. The summed E-state index contributed by atoms with van der Waals surface area (Å²) >= 11 is 0. The maximum absolute atomic E-state index is 12.4. The van der Waals surface area contributed by atoms with Crippen LogP contribution < -0.4 is 10.6 Å². The number of carbonyl (C=O) groups excluding carboxylic acids is 1. The SMILES string of the molecule is CC1(C)C(NC(=O)NCC2(c3ccccc3)CC2)C2CCOC21. The number of nitrogens with one attached hydrogen (secondary N) is 2. The fourth-order valence-corrected chi connectivity index (χ4v) is 4.57. The number of hydrogen-bond donors (Lipinski definition) is 2. The van der Waals surface area contributed by atoms with Crippen molar-refractivity contribution in [2.45, 2.75) is 50.7 Å². The van der Waals surface area contributed by atoms with Gasteiger partial charge in [0.25, 0.3) is 0 Å². The summed E-state index contributed by atoms with van der Waals surface area (Å²) in [6.45, 7) is 5.93. The van der Waals surface area contributed by atoms with Crippen LogP contribution in [0.3, 0.4) is 0 Å². The minimum Gasteiger partial charge on any atom is -0.377 e. The molecule has 3 atom stereocenters.